The average molecular weight is 336 g/mol. The SMILES string of the molecule is CN1C(=O)c2ccccc2[C@@]12C(=O)N(C1CCCCC1)C(N)=C2C#N. The second kappa shape index (κ2) is 5.35. The molecule has 6 heteroatoms. The van der Waals surface area contributed by atoms with Crippen molar-refractivity contribution in [3.05, 3.63) is 46.8 Å². The summed E-state index contributed by atoms with van der Waals surface area (Å²) in [5.74, 6) is -0.319. The van der Waals surface area contributed by atoms with E-state index in [-0.39, 0.29) is 29.3 Å². The topological polar surface area (TPSA) is 90.4 Å². The van der Waals surface area contributed by atoms with E-state index in [0.29, 0.717) is 11.1 Å². The first-order chi connectivity index (χ1) is 12.0. The van der Waals surface area contributed by atoms with Gasteiger partial charge in [-0.3, -0.25) is 14.5 Å². The molecule has 2 amide bonds. The molecular weight excluding hydrogens is 316 g/mol. The number of hydrogen-bond acceptors (Lipinski definition) is 4. The molecule has 25 heavy (non-hydrogen) atoms. The number of nitriles is 1. The van der Waals surface area contributed by atoms with Crippen LogP contribution < -0.4 is 5.73 Å². The normalized spacial score (nSPS) is 26.6. The third kappa shape index (κ3) is 1.78. The molecule has 1 aliphatic carbocycles. The molecule has 2 N–H and O–H groups in total. The summed E-state index contributed by atoms with van der Waals surface area (Å²) in [6.07, 6.45) is 4.99. The molecule has 1 aromatic rings. The number of hydrogen-bond donors (Lipinski definition) is 1. The van der Waals surface area contributed by atoms with Gasteiger partial charge in [-0.25, -0.2) is 0 Å². The Balaban J connectivity index is 1.92. The zero-order valence-electron chi connectivity index (χ0n) is 14.2. The summed E-state index contributed by atoms with van der Waals surface area (Å²) in [5, 5.41) is 9.82. The fourth-order valence-electron chi connectivity index (χ4n) is 4.60. The van der Waals surface area contributed by atoms with Crippen molar-refractivity contribution in [1.29, 1.82) is 5.26 Å². The van der Waals surface area contributed by atoms with Gasteiger partial charge >= 0.3 is 0 Å². The first-order valence-corrected chi connectivity index (χ1v) is 8.66. The Morgan fingerprint density at radius 1 is 1.20 bits per heavy atom. The lowest BCUT2D eigenvalue weighted by atomic mass is 9.83. The van der Waals surface area contributed by atoms with E-state index < -0.39 is 5.54 Å². The van der Waals surface area contributed by atoms with Gasteiger partial charge in [-0.15, -0.1) is 0 Å². The smallest absolute Gasteiger partial charge is 0.264 e. The highest BCUT2D eigenvalue weighted by Crippen LogP contribution is 2.50. The molecule has 6 nitrogen and oxygen atoms in total. The lowest BCUT2D eigenvalue weighted by Crippen LogP contribution is -2.52. The van der Waals surface area contributed by atoms with Crippen LogP contribution in [0.5, 0.6) is 0 Å². The largest absolute Gasteiger partial charge is 0.384 e. The minimum Gasteiger partial charge on any atom is -0.384 e. The highest BCUT2D eigenvalue weighted by atomic mass is 16.2. The Kier molecular flexibility index (Phi) is 3.36. The van der Waals surface area contributed by atoms with Gasteiger partial charge in [0.15, 0.2) is 5.54 Å². The molecule has 1 atom stereocenters. The second-order valence-corrected chi connectivity index (χ2v) is 6.96. The van der Waals surface area contributed by atoms with Crippen LogP contribution in [0.4, 0.5) is 0 Å². The summed E-state index contributed by atoms with van der Waals surface area (Å²) >= 11 is 0. The Morgan fingerprint density at radius 2 is 1.88 bits per heavy atom. The van der Waals surface area contributed by atoms with E-state index in [1.807, 2.05) is 0 Å². The van der Waals surface area contributed by atoms with E-state index in [0.717, 1.165) is 32.1 Å². The Hall–Kier alpha value is -2.81. The van der Waals surface area contributed by atoms with Gasteiger partial charge in [0.05, 0.1) is 0 Å². The van der Waals surface area contributed by atoms with Gasteiger partial charge < -0.3 is 10.6 Å². The number of rotatable bonds is 1. The highest BCUT2D eigenvalue weighted by molar-refractivity contribution is 6.11. The van der Waals surface area contributed by atoms with Gasteiger partial charge in [-0.1, -0.05) is 37.5 Å². The number of nitrogens with zero attached hydrogens (tertiary/aromatic N) is 3. The Labute approximate surface area is 146 Å². The molecule has 0 bridgehead atoms. The van der Waals surface area contributed by atoms with E-state index in [1.54, 1.807) is 36.2 Å². The lowest BCUT2D eigenvalue weighted by molar-refractivity contribution is -0.138. The second-order valence-electron chi connectivity index (χ2n) is 6.96. The molecule has 4 rings (SSSR count). The van der Waals surface area contributed by atoms with Crippen molar-refractivity contribution in [3.63, 3.8) is 0 Å². The van der Waals surface area contributed by atoms with E-state index in [9.17, 15) is 14.9 Å². The van der Waals surface area contributed by atoms with Gasteiger partial charge in [0.2, 0.25) is 0 Å². The molecule has 0 unspecified atom stereocenters. The number of benzene rings is 1. The molecule has 1 spiro atoms. The van der Waals surface area contributed by atoms with Crippen molar-refractivity contribution in [3.8, 4) is 6.07 Å². The van der Waals surface area contributed by atoms with Crippen LogP contribution in [0.15, 0.2) is 35.7 Å². The number of likely N-dealkylation sites (N-methyl/N-ethyl adjacent to an activating group) is 1. The van der Waals surface area contributed by atoms with E-state index >= 15 is 0 Å². The predicted molar refractivity (Wildman–Crippen MR) is 90.8 cm³/mol. The average Bonchev–Trinajstić information content (AvgIpc) is 3.00. The van der Waals surface area contributed by atoms with Crippen LogP contribution in [0.3, 0.4) is 0 Å². The van der Waals surface area contributed by atoms with Crippen LogP contribution in [0, 0.1) is 11.3 Å². The van der Waals surface area contributed by atoms with Crippen molar-refractivity contribution in [2.24, 2.45) is 5.73 Å². The van der Waals surface area contributed by atoms with Gasteiger partial charge in [-0.05, 0) is 18.9 Å². The maximum atomic E-state index is 13.6. The first kappa shape index (κ1) is 15.7. The maximum Gasteiger partial charge on any atom is 0.264 e. The summed E-state index contributed by atoms with van der Waals surface area (Å²) in [6, 6.07) is 9.14. The maximum absolute atomic E-state index is 13.6. The summed E-state index contributed by atoms with van der Waals surface area (Å²) in [7, 11) is 1.58. The fourth-order valence-corrected chi connectivity index (χ4v) is 4.60. The van der Waals surface area contributed by atoms with E-state index in [1.165, 1.54) is 4.90 Å². The van der Waals surface area contributed by atoms with Gasteiger partial charge in [0.25, 0.3) is 11.8 Å². The number of carbonyl (C=O) groups excluding carboxylic acids is 2. The Bertz CT molecular complexity index is 847. The zero-order chi connectivity index (χ0) is 17.8. The summed E-state index contributed by atoms with van der Waals surface area (Å²) < 4.78 is 0. The zero-order valence-corrected chi connectivity index (χ0v) is 14.2. The van der Waals surface area contributed by atoms with Crippen LogP contribution >= 0.6 is 0 Å². The number of carbonyl (C=O) groups is 2. The van der Waals surface area contributed by atoms with Crippen molar-refractivity contribution >= 4 is 11.8 Å². The third-order valence-electron chi connectivity index (χ3n) is 5.81. The van der Waals surface area contributed by atoms with Crippen LogP contribution in [-0.4, -0.2) is 34.7 Å². The summed E-state index contributed by atoms with van der Waals surface area (Å²) in [6.45, 7) is 0. The molecule has 2 heterocycles. The molecule has 2 aliphatic heterocycles. The predicted octanol–water partition coefficient (Wildman–Crippen LogP) is 1.84. The van der Waals surface area contributed by atoms with Gasteiger partial charge in [0, 0.05) is 24.2 Å². The van der Waals surface area contributed by atoms with Crippen LogP contribution in [-0.2, 0) is 10.3 Å². The van der Waals surface area contributed by atoms with E-state index in [2.05, 4.69) is 6.07 Å². The Morgan fingerprint density at radius 3 is 2.56 bits per heavy atom. The minimum atomic E-state index is -1.41. The van der Waals surface area contributed by atoms with E-state index in [4.69, 9.17) is 5.73 Å². The van der Waals surface area contributed by atoms with Crippen LogP contribution in [0.25, 0.3) is 0 Å². The standard InChI is InChI=1S/C19H20N4O2/c1-22-17(24)13-9-5-6-10-14(13)19(22)15(11-20)16(21)23(18(19)25)12-7-3-2-4-8-12/h5-6,9-10,12H,2-4,7-8,21H2,1H3/t19-/m1/s1. The van der Waals surface area contributed by atoms with Crippen molar-refractivity contribution in [2.45, 2.75) is 43.7 Å². The van der Waals surface area contributed by atoms with Gasteiger partial charge in [0.1, 0.15) is 17.5 Å². The molecule has 1 aromatic carbocycles. The first-order valence-electron chi connectivity index (χ1n) is 8.66. The van der Waals surface area contributed by atoms with Crippen molar-refractivity contribution < 1.29 is 9.59 Å². The number of amides is 2. The molecule has 1 fully saturated rings. The molecule has 0 saturated heterocycles. The highest BCUT2D eigenvalue weighted by Gasteiger charge is 2.63. The van der Waals surface area contributed by atoms with Crippen molar-refractivity contribution in [2.75, 3.05) is 7.05 Å². The molecule has 0 aromatic heterocycles. The molecule has 3 aliphatic rings. The van der Waals surface area contributed by atoms with Gasteiger partial charge in [-0.2, -0.15) is 5.26 Å². The number of fused-ring (bicyclic) bond motifs is 2. The quantitative estimate of drug-likeness (QED) is 0.847. The molecule has 0 radical (unpaired) electrons. The van der Waals surface area contributed by atoms with Crippen LogP contribution in [0.2, 0.25) is 0 Å². The monoisotopic (exact) mass is 336 g/mol. The van der Waals surface area contributed by atoms with Crippen molar-refractivity contribution in [1.82, 2.24) is 9.80 Å². The number of nitrogens with two attached hydrogens (primary N) is 1. The fraction of sp³-hybridized carbons (Fsp3) is 0.421. The molecule has 128 valence electrons. The molecular formula is C19H20N4O2. The molecule has 1 saturated carbocycles. The summed E-state index contributed by atoms with van der Waals surface area (Å²) in [5.41, 5.74) is 6.08. The summed E-state index contributed by atoms with van der Waals surface area (Å²) in [4.78, 5) is 29.3. The minimum absolute atomic E-state index is 0.000222. The lowest BCUT2D eigenvalue weighted by Gasteiger charge is -2.36. The third-order valence-corrected chi connectivity index (χ3v) is 5.81. The van der Waals surface area contributed by atoms with Crippen LogP contribution in [0.1, 0.15) is 48.0 Å².